The Kier molecular flexibility index (Phi) is 24.0. The molecule has 0 radical (unpaired) electrons. The van der Waals surface area contributed by atoms with Crippen LogP contribution in [0.3, 0.4) is 0 Å². The van der Waals surface area contributed by atoms with Crippen molar-refractivity contribution in [2.45, 2.75) is 6.92 Å². The van der Waals surface area contributed by atoms with Gasteiger partial charge in [0.25, 0.3) is 0 Å². The number of para-hydroxylation sites is 1. The molecule has 0 bridgehead atoms. The van der Waals surface area contributed by atoms with Crippen LogP contribution in [0.25, 0.3) is 225 Å². The number of pyridine rings is 9. The molecule has 0 saturated heterocycles. The third kappa shape index (κ3) is 19.2. The molecule has 0 aliphatic carbocycles. The zero-order chi connectivity index (χ0) is 90.4. The van der Waals surface area contributed by atoms with Crippen LogP contribution in [0.2, 0.25) is 0 Å². The molecule has 636 valence electrons. The maximum absolute atomic E-state index is 5.11. The van der Waals surface area contributed by atoms with Gasteiger partial charge in [0, 0.05) is 91.8 Å². The van der Waals surface area contributed by atoms with Crippen LogP contribution >= 0.6 is 0 Å². The molecule has 12 heterocycles. The van der Waals surface area contributed by atoms with Gasteiger partial charge in [-0.15, -0.1) is 0 Å². The third-order valence-corrected chi connectivity index (χ3v) is 23.2. The van der Waals surface area contributed by atoms with Crippen molar-refractivity contribution in [2.75, 3.05) is 0 Å². The lowest BCUT2D eigenvalue weighted by atomic mass is 10.0. The lowest BCUT2D eigenvalue weighted by molar-refractivity contribution is 1.17. The molecule has 15 nitrogen and oxygen atoms in total. The minimum Gasteiger partial charge on any atom is -0.254 e. The first-order valence-electron chi connectivity index (χ1n) is 44.5. The van der Waals surface area contributed by atoms with E-state index in [1.165, 1.54) is 0 Å². The van der Waals surface area contributed by atoms with Gasteiger partial charge in [0.05, 0.1) is 108 Å². The quantitative estimate of drug-likeness (QED) is 0.0787. The summed E-state index contributed by atoms with van der Waals surface area (Å²) in [4.78, 5) is 73.8. The topological polar surface area (TPSA) is 193 Å². The lowest BCUT2D eigenvalue weighted by Crippen LogP contribution is -1.97. The molecule has 0 aliphatic rings. The highest BCUT2D eigenvalue weighted by Crippen LogP contribution is 2.39. The summed E-state index contributed by atoms with van der Waals surface area (Å²) in [5.74, 6) is 2.02. The van der Waals surface area contributed by atoms with E-state index in [1.807, 2.05) is 323 Å². The molecule has 135 heavy (non-hydrogen) atoms. The number of aromatic nitrogens is 15. The van der Waals surface area contributed by atoms with E-state index in [0.717, 1.165) is 213 Å². The molecular formula is C120H81N15. The van der Waals surface area contributed by atoms with Crippen LogP contribution in [0.15, 0.2) is 474 Å². The second-order valence-electron chi connectivity index (χ2n) is 32.3. The number of aryl methyl sites for hydroxylation is 1. The molecule has 0 spiro atoms. The highest BCUT2D eigenvalue weighted by Gasteiger charge is 2.21. The Labute approximate surface area is 781 Å². The Morgan fingerprint density at radius 1 is 0.148 bits per heavy atom. The van der Waals surface area contributed by atoms with Gasteiger partial charge < -0.3 is 0 Å². The fraction of sp³-hybridized carbons (Fsp3) is 0.00833. The van der Waals surface area contributed by atoms with Crippen LogP contribution in [0, 0.1) is 6.92 Å². The van der Waals surface area contributed by atoms with E-state index in [-0.39, 0.29) is 0 Å². The van der Waals surface area contributed by atoms with Crippen LogP contribution in [0.5, 0.6) is 0 Å². The van der Waals surface area contributed by atoms with Gasteiger partial charge in [-0.1, -0.05) is 328 Å². The van der Waals surface area contributed by atoms with Crippen LogP contribution < -0.4 is 0 Å². The summed E-state index contributed by atoms with van der Waals surface area (Å²) >= 11 is 0. The first-order chi connectivity index (χ1) is 66.7. The molecule has 0 aliphatic heterocycles. The standard InChI is InChI=1S/2C41H27N5.C38H27N5/c1-4-12-28(13-5-1)33-24-38(44-39(25-33)40-34-19-11-10-14-29(34)22-23-42-40)35-21-20-32(27-43-35)37-26-36(30-15-6-2-7-16-30)45-41(46-37)31-17-8-3-9-18-31;1-4-12-28(13-5-1)33-24-39(44-40(25-33)36-23-20-30-16-10-11-19-34(30)43-36)35-22-21-32(27-42-35)38-26-37(29-14-6-2-7-15-29)45-41(46-38)31-17-8-3-9-18-31;1-26-17-19-32(39-24-26)36-21-31(27-11-5-2-6-12-27)22-37(41-36)33-20-18-30(25-40-33)35-23-34(28-13-7-3-8-14-28)42-38(43-35)29-15-9-4-10-16-29/h2*1-27H;2-25H,1H3. The van der Waals surface area contributed by atoms with Gasteiger partial charge in [0.15, 0.2) is 17.5 Å². The van der Waals surface area contributed by atoms with Crippen molar-refractivity contribution in [3.05, 3.63) is 479 Å². The summed E-state index contributed by atoms with van der Waals surface area (Å²) in [6, 6.07) is 149. The number of rotatable bonds is 18. The van der Waals surface area contributed by atoms with E-state index in [4.69, 9.17) is 69.8 Å². The van der Waals surface area contributed by atoms with Crippen LogP contribution in [0.1, 0.15) is 5.56 Å². The van der Waals surface area contributed by atoms with Gasteiger partial charge in [-0.3, -0.25) is 24.9 Å². The van der Waals surface area contributed by atoms with Gasteiger partial charge in [-0.2, -0.15) is 0 Å². The first-order valence-corrected chi connectivity index (χ1v) is 44.5. The second kappa shape index (κ2) is 38.8. The van der Waals surface area contributed by atoms with Gasteiger partial charge in [-0.25, -0.2) is 49.8 Å². The average Bonchev–Trinajstić information content (AvgIpc) is 0.837. The zero-order valence-corrected chi connectivity index (χ0v) is 73.2. The Morgan fingerprint density at radius 2 is 0.430 bits per heavy atom. The van der Waals surface area contributed by atoms with Crippen molar-refractivity contribution in [1.29, 1.82) is 0 Å². The fourth-order valence-electron chi connectivity index (χ4n) is 16.2. The predicted octanol–water partition coefficient (Wildman–Crippen LogP) is 28.6. The van der Waals surface area contributed by atoms with Crippen molar-refractivity contribution in [3.8, 4) is 203 Å². The molecule has 0 atom stereocenters. The van der Waals surface area contributed by atoms with Crippen molar-refractivity contribution in [2.24, 2.45) is 0 Å². The maximum Gasteiger partial charge on any atom is 0.160 e. The van der Waals surface area contributed by atoms with Gasteiger partial charge >= 0.3 is 0 Å². The smallest absolute Gasteiger partial charge is 0.160 e. The molecule has 0 fully saturated rings. The molecule has 23 rings (SSSR count). The van der Waals surface area contributed by atoms with Crippen molar-refractivity contribution in [1.82, 2.24) is 74.8 Å². The molecule has 0 amide bonds. The summed E-state index contributed by atoms with van der Waals surface area (Å²) < 4.78 is 0. The summed E-state index contributed by atoms with van der Waals surface area (Å²) in [6.07, 6.45) is 9.31. The number of hydrogen-bond donors (Lipinski definition) is 0. The third-order valence-electron chi connectivity index (χ3n) is 23.2. The highest BCUT2D eigenvalue weighted by atomic mass is 14.9. The van der Waals surface area contributed by atoms with Crippen molar-refractivity contribution >= 4 is 21.7 Å². The van der Waals surface area contributed by atoms with Crippen molar-refractivity contribution in [3.63, 3.8) is 0 Å². The minimum absolute atomic E-state index is 0.672. The SMILES string of the molecule is Cc1ccc(-c2cc(-c3ccccc3)cc(-c3ccc(-c4cc(-c5ccccc5)nc(-c5ccccc5)n4)cn3)n2)nc1.c1ccc(-c2cc(-c3ccc(-c4cc(-c5ccccc5)nc(-c5ccccc5)n4)cn3)nc(-c3ccc4ccccc4n3)c2)cc1.c1ccc(-c2cc(-c3ccc(-c4cc(-c5ccccc5)nc(-c5ccccc5)n4)cn3)nc(-c3nccc4ccccc34)c2)cc1. The summed E-state index contributed by atoms with van der Waals surface area (Å²) in [5, 5.41) is 3.28. The Hall–Kier alpha value is -18.5. The number of benzene rings is 11. The molecule has 23 aromatic rings. The lowest BCUT2D eigenvalue weighted by Gasteiger charge is -2.12. The van der Waals surface area contributed by atoms with Crippen LogP contribution in [-0.4, -0.2) is 74.8 Å². The monoisotopic (exact) mass is 1730 g/mol. The second-order valence-corrected chi connectivity index (χ2v) is 32.3. The Balaban J connectivity index is 0.000000121. The van der Waals surface area contributed by atoms with E-state index >= 15 is 0 Å². The number of fused-ring (bicyclic) bond motifs is 2. The van der Waals surface area contributed by atoms with E-state index < -0.39 is 0 Å². The number of hydrogen-bond acceptors (Lipinski definition) is 15. The highest BCUT2D eigenvalue weighted by molar-refractivity contribution is 5.95. The van der Waals surface area contributed by atoms with E-state index in [0.29, 0.717) is 17.5 Å². The van der Waals surface area contributed by atoms with Gasteiger partial charge in [-0.05, 0) is 167 Å². The molecule has 15 heteroatoms. The largest absolute Gasteiger partial charge is 0.254 e. The molecule has 0 saturated carbocycles. The Morgan fingerprint density at radius 3 is 0.778 bits per heavy atom. The normalized spacial score (nSPS) is 11.0. The molecule has 11 aromatic carbocycles. The molecule has 0 unspecified atom stereocenters. The van der Waals surface area contributed by atoms with Gasteiger partial charge in [0.1, 0.15) is 0 Å². The molecular weight excluding hydrogens is 1650 g/mol. The molecule has 0 N–H and O–H groups in total. The van der Waals surface area contributed by atoms with Crippen molar-refractivity contribution < 1.29 is 0 Å². The summed E-state index contributed by atoms with van der Waals surface area (Å²) in [5.41, 5.74) is 31.7. The molecule has 12 aromatic heterocycles. The van der Waals surface area contributed by atoms with Crippen LogP contribution in [-0.2, 0) is 0 Å². The van der Waals surface area contributed by atoms with E-state index in [9.17, 15) is 0 Å². The fourth-order valence-corrected chi connectivity index (χ4v) is 16.2. The summed E-state index contributed by atoms with van der Waals surface area (Å²) in [6.45, 7) is 2.03. The zero-order valence-electron chi connectivity index (χ0n) is 73.2. The minimum atomic E-state index is 0.672. The summed E-state index contributed by atoms with van der Waals surface area (Å²) in [7, 11) is 0. The van der Waals surface area contributed by atoms with Gasteiger partial charge in [0.2, 0.25) is 0 Å². The number of nitrogens with zero attached hydrogens (tertiary/aromatic N) is 15. The Bertz CT molecular complexity index is 7900. The van der Waals surface area contributed by atoms with E-state index in [2.05, 4.69) is 163 Å². The maximum atomic E-state index is 5.11. The van der Waals surface area contributed by atoms with Crippen LogP contribution in [0.4, 0.5) is 0 Å². The average molecular weight is 1730 g/mol. The first kappa shape index (κ1) is 83.4. The van der Waals surface area contributed by atoms with E-state index in [1.54, 1.807) is 0 Å². The predicted molar refractivity (Wildman–Crippen MR) is 544 cm³/mol.